The second kappa shape index (κ2) is 10.9. The van der Waals surface area contributed by atoms with Gasteiger partial charge in [0.25, 0.3) is 16.1 Å². The standard InChI is InChI=1S/C17H13N9O8S2/c1-20-16-11(23-24-17-22-10(5-18)13(6-19)25(17)8-15(27)28)7-21-26(16)12-4-9(36(30,31)32)2-3-14(12)35-34-33-29/h2-4,7,20,29H,8H2,1H3,(H,27,28)(H,30,31,32). The molecule has 0 saturated heterocycles. The number of imidazole rings is 1. The number of carboxylic acids is 1. The van der Waals surface area contributed by atoms with Crippen molar-refractivity contribution in [3.8, 4) is 17.8 Å². The molecule has 0 aliphatic heterocycles. The van der Waals surface area contributed by atoms with Crippen molar-refractivity contribution in [2.75, 3.05) is 12.4 Å². The van der Waals surface area contributed by atoms with Gasteiger partial charge in [-0.1, -0.05) is 5.04 Å². The summed E-state index contributed by atoms with van der Waals surface area (Å²) in [5, 5.41) is 54.3. The molecule has 4 N–H and O–H groups in total. The van der Waals surface area contributed by atoms with E-state index in [1.165, 1.54) is 19.3 Å². The molecule has 0 radical (unpaired) electrons. The highest BCUT2D eigenvalue weighted by atomic mass is 32.2. The third-order valence-electron chi connectivity index (χ3n) is 4.30. The van der Waals surface area contributed by atoms with Crippen molar-refractivity contribution in [1.29, 1.82) is 10.5 Å². The summed E-state index contributed by atoms with van der Waals surface area (Å²) >= 11 is 0.495. The number of hydrogen-bond acceptors (Lipinski definition) is 14. The van der Waals surface area contributed by atoms with Crippen LogP contribution in [-0.2, 0) is 30.8 Å². The zero-order valence-corrected chi connectivity index (χ0v) is 19.4. The molecule has 1 aromatic carbocycles. The molecule has 0 saturated carbocycles. The van der Waals surface area contributed by atoms with Gasteiger partial charge in [0.15, 0.2) is 17.2 Å². The highest BCUT2D eigenvalue weighted by Gasteiger charge is 2.21. The van der Waals surface area contributed by atoms with Crippen molar-refractivity contribution < 1.29 is 37.5 Å². The van der Waals surface area contributed by atoms with Gasteiger partial charge < -0.3 is 10.4 Å². The van der Waals surface area contributed by atoms with Crippen molar-refractivity contribution >= 4 is 45.6 Å². The predicted octanol–water partition coefficient (Wildman–Crippen LogP) is 2.03. The van der Waals surface area contributed by atoms with E-state index in [0.29, 0.717) is 12.0 Å². The topological polar surface area (TPSA) is 250 Å². The fraction of sp³-hybridized carbons (Fsp3) is 0.118. The molecule has 19 heteroatoms. The quantitative estimate of drug-likeness (QED) is 0.0953. The first-order chi connectivity index (χ1) is 17.1. The molecule has 0 bridgehead atoms. The lowest BCUT2D eigenvalue weighted by atomic mass is 10.3. The van der Waals surface area contributed by atoms with Crippen LogP contribution in [0.4, 0.5) is 17.5 Å². The zero-order chi connectivity index (χ0) is 26.5. The molecule has 0 amide bonds. The van der Waals surface area contributed by atoms with Crippen LogP contribution < -0.4 is 5.32 Å². The summed E-state index contributed by atoms with van der Waals surface area (Å²) in [5.41, 5.74) is -0.559. The van der Waals surface area contributed by atoms with Gasteiger partial charge in [-0.05, 0) is 18.2 Å². The summed E-state index contributed by atoms with van der Waals surface area (Å²) in [6.45, 7) is -0.708. The largest absolute Gasteiger partial charge is 0.480 e. The summed E-state index contributed by atoms with van der Waals surface area (Å²) in [7, 11) is -3.12. The molecule has 0 aliphatic carbocycles. The number of nitriles is 2. The molecule has 2 heterocycles. The van der Waals surface area contributed by atoms with Crippen molar-refractivity contribution in [3.05, 3.63) is 35.8 Å². The van der Waals surface area contributed by atoms with Crippen molar-refractivity contribution in [2.24, 2.45) is 10.2 Å². The Morgan fingerprint density at radius 1 is 1.31 bits per heavy atom. The lowest BCUT2D eigenvalue weighted by molar-refractivity contribution is -0.432. The average molecular weight is 535 g/mol. The molecule has 17 nitrogen and oxygen atoms in total. The third kappa shape index (κ3) is 5.47. The van der Waals surface area contributed by atoms with Gasteiger partial charge in [0.2, 0.25) is 0 Å². The van der Waals surface area contributed by atoms with Crippen LogP contribution in [0.3, 0.4) is 0 Å². The highest BCUT2D eigenvalue weighted by molar-refractivity contribution is 7.94. The number of nitrogens with one attached hydrogen (secondary N) is 1. The van der Waals surface area contributed by atoms with E-state index in [2.05, 4.69) is 35.0 Å². The molecule has 0 unspecified atom stereocenters. The van der Waals surface area contributed by atoms with Gasteiger partial charge in [-0.15, -0.1) is 14.6 Å². The molecule has 3 aromatic rings. The minimum atomic E-state index is -4.60. The van der Waals surface area contributed by atoms with Crippen LogP contribution in [0.15, 0.2) is 44.4 Å². The Bertz CT molecular complexity index is 1530. The maximum atomic E-state index is 11.6. The van der Waals surface area contributed by atoms with Crippen molar-refractivity contribution in [3.63, 3.8) is 0 Å². The molecule has 0 aliphatic rings. The third-order valence-corrected chi connectivity index (χ3v) is 5.80. The maximum Gasteiger partial charge on any atom is 0.323 e. The number of hydrogen-bond donors (Lipinski definition) is 4. The fourth-order valence-electron chi connectivity index (χ4n) is 2.87. The van der Waals surface area contributed by atoms with Crippen molar-refractivity contribution in [2.45, 2.75) is 16.3 Å². The molecule has 186 valence electrons. The Kier molecular flexibility index (Phi) is 7.96. The Balaban J connectivity index is 2.12. The van der Waals surface area contributed by atoms with Crippen molar-refractivity contribution in [1.82, 2.24) is 19.3 Å². The van der Waals surface area contributed by atoms with Gasteiger partial charge in [-0.25, -0.2) is 9.94 Å². The fourth-order valence-corrected chi connectivity index (χ4v) is 3.83. The maximum absolute atomic E-state index is 11.6. The van der Waals surface area contributed by atoms with E-state index in [-0.39, 0.29) is 39.4 Å². The Morgan fingerprint density at radius 2 is 2.06 bits per heavy atom. The first kappa shape index (κ1) is 26.2. The summed E-state index contributed by atoms with van der Waals surface area (Å²) < 4.78 is 39.1. The molecule has 3 rings (SSSR count). The Hall–Kier alpha value is -4.37. The number of rotatable bonds is 10. The normalized spacial score (nSPS) is 11.4. The number of carbonyl (C=O) groups is 1. The monoisotopic (exact) mass is 535 g/mol. The number of azo groups is 1. The number of carboxylic acid groups (broad SMARTS) is 1. The second-order valence-corrected chi connectivity index (χ2v) is 8.55. The number of benzene rings is 1. The van der Waals surface area contributed by atoms with E-state index >= 15 is 0 Å². The van der Waals surface area contributed by atoms with Crippen LogP contribution in [-0.4, -0.2) is 55.7 Å². The van der Waals surface area contributed by atoms with Crippen LogP contribution >= 0.6 is 12.0 Å². The van der Waals surface area contributed by atoms with Crippen LogP contribution in [0, 0.1) is 22.7 Å². The van der Waals surface area contributed by atoms with E-state index in [1.807, 2.05) is 0 Å². The van der Waals surface area contributed by atoms with Crippen LogP contribution in [0.2, 0.25) is 0 Å². The van der Waals surface area contributed by atoms with Gasteiger partial charge in [0, 0.05) is 7.05 Å². The van der Waals surface area contributed by atoms with E-state index in [0.717, 1.165) is 21.4 Å². The zero-order valence-electron chi connectivity index (χ0n) is 17.8. The van der Waals surface area contributed by atoms with E-state index in [1.54, 1.807) is 12.1 Å². The van der Waals surface area contributed by atoms with E-state index < -0.39 is 27.5 Å². The van der Waals surface area contributed by atoms with Gasteiger partial charge in [0.1, 0.15) is 24.4 Å². The lowest BCUT2D eigenvalue weighted by Crippen LogP contribution is -2.10. The summed E-state index contributed by atoms with van der Waals surface area (Å²) in [6, 6.07) is 6.76. The molecule has 2 aromatic heterocycles. The molecular formula is C17H13N9O8S2. The summed E-state index contributed by atoms with van der Waals surface area (Å²) in [4.78, 5) is 14.7. The lowest BCUT2D eigenvalue weighted by Gasteiger charge is -2.12. The minimum Gasteiger partial charge on any atom is -0.480 e. The van der Waals surface area contributed by atoms with Crippen LogP contribution in [0.5, 0.6) is 0 Å². The molecule has 0 fully saturated rings. The summed E-state index contributed by atoms with van der Waals surface area (Å²) in [6.07, 6.45) is 1.20. The Morgan fingerprint density at radius 3 is 2.64 bits per heavy atom. The van der Waals surface area contributed by atoms with E-state index in [4.69, 9.17) is 15.6 Å². The first-order valence-corrected chi connectivity index (χ1v) is 11.4. The highest BCUT2D eigenvalue weighted by Crippen LogP contribution is 2.35. The number of anilines is 1. The molecule has 0 atom stereocenters. The second-order valence-electron chi connectivity index (χ2n) is 6.38. The van der Waals surface area contributed by atoms with Gasteiger partial charge in [-0.2, -0.15) is 29.0 Å². The predicted molar refractivity (Wildman–Crippen MR) is 117 cm³/mol. The minimum absolute atomic E-state index is 0.0453. The number of aromatic nitrogens is 4. The SMILES string of the molecule is CNc1c(N=Nc2nc(C#N)c(C#N)n2CC(=O)O)cnn1-c1cc(S(=O)(=O)O)ccc1SOOO. The van der Waals surface area contributed by atoms with Gasteiger partial charge in [-0.3, -0.25) is 13.9 Å². The smallest absolute Gasteiger partial charge is 0.323 e. The number of nitrogens with zero attached hydrogens (tertiary/aromatic N) is 8. The first-order valence-electron chi connectivity index (χ1n) is 9.21. The van der Waals surface area contributed by atoms with Crippen LogP contribution in [0.1, 0.15) is 11.4 Å². The van der Waals surface area contributed by atoms with Gasteiger partial charge >= 0.3 is 5.97 Å². The molecule has 36 heavy (non-hydrogen) atoms. The summed E-state index contributed by atoms with van der Waals surface area (Å²) in [5.74, 6) is -1.51. The van der Waals surface area contributed by atoms with Crippen LogP contribution in [0.25, 0.3) is 5.69 Å². The van der Waals surface area contributed by atoms with Gasteiger partial charge in [0.05, 0.1) is 33.7 Å². The molecule has 0 spiro atoms. The molecular weight excluding hydrogens is 522 g/mol. The van der Waals surface area contributed by atoms with E-state index in [9.17, 15) is 23.0 Å². The number of aliphatic carboxylic acids is 1. The Labute approximate surface area is 205 Å². The average Bonchev–Trinajstić information content (AvgIpc) is 3.40.